The van der Waals surface area contributed by atoms with Gasteiger partial charge in [0.2, 0.25) is 5.91 Å². The van der Waals surface area contributed by atoms with Crippen LogP contribution in [0, 0.1) is 0 Å². The van der Waals surface area contributed by atoms with Crippen LogP contribution in [0.25, 0.3) is 0 Å². The van der Waals surface area contributed by atoms with Crippen molar-refractivity contribution in [2.75, 3.05) is 4.90 Å². The van der Waals surface area contributed by atoms with E-state index in [-0.39, 0.29) is 17.2 Å². The zero-order valence-electron chi connectivity index (χ0n) is 9.19. The molecule has 2 atom stereocenters. The first-order valence-electron chi connectivity index (χ1n) is 5.82. The highest BCUT2D eigenvalue weighted by atomic mass is 16.7. The van der Waals surface area contributed by atoms with Crippen LogP contribution in [-0.4, -0.2) is 11.6 Å². The van der Waals surface area contributed by atoms with E-state index in [4.69, 9.17) is 4.74 Å². The number of ether oxygens (including phenoxy) is 1. The van der Waals surface area contributed by atoms with E-state index in [2.05, 4.69) is 6.07 Å². The Kier molecular flexibility index (Phi) is 1.27. The predicted molar refractivity (Wildman–Crippen MR) is 58.9 cm³/mol. The van der Waals surface area contributed by atoms with Crippen LogP contribution >= 0.6 is 0 Å². The van der Waals surface area contributed by atoms with Crippen molar-refractivity contribution in [1.29, 1.82) is 0 Å². The van der Waals surface area contributed by atoms with E-state index in [1.807, 2.05) is 23.1 Å². The smallest absolute Gasteiger partial charge is 0.226 e. The van der Waals surface area contributed by atoms with Crippen molar-refractivity contribution in [3.05, 3.63) is 29.8 Å². The number of nitrogens with zero attached hydrogens (tertiary/aromatic N) is 1. The molecule has 16 heavy (non-hydrogen) atoms. The minimum Gasteiger partial charge on any atom is -0.335 e. The Morgan fingerprint density at radius 2 is 2.19 bits per heavy atom. The highest BCUT2D eigenvalue weighted by Gasteiger charge is 2.81. The van der Waals surface area contributed by atoms with E-state index >= 15 is 0 Å². The summed E-state index contributed by atoms with van der Waals surface area (Å²) in [6, 6.07) is 8.15. The predicted octanol–water partition coefficient (Wildman–Crippen LogP) is 2.16. The number of hydrogen-bond acceptors (Lipinski definition) is 2. The molecule has 1 saturated carbocycles. The Morgan fingerprint density at radius 3 is 3.00 bits per heavy atom. The molecule has 3 aliphatic rings. The Bertz CT molecular complexity index is 512. The fraction of sp³-hybridized carbons (Fsp3) is 0.462. The number of carbonyl (C=O) groups is 1. The number of amides is 1. The summed E-state index contributed by atoms with van der Waals surface area (Å²) >= 11 is 0. The van der Waals surface area contributed by atoms with Crippen LogP contribution in [0.4, 0.5) is 5.69 Å². The van der Waals surface area contributed by atoms with Gasteiger partial charge in [-0.05, 0) is 25.3 Å². The highest BCUT2D eigenvalue weighted by Crippen LogP contribution is 2.73. The van der Waals surface area contributed by atoms with Crippen molar-refractivity contribution in [3.63, 3.8) is 0 Å². The number of hydrogen-bond donors (Lipinski definition) is 0. The monoisotopic (exact) mass is 215 g/mol. The van der Waals surface area contributed by atoms with Gasteiger partial charge in [-0.2, -0.15) is 0 Å². The third-order valence-corrected chi connectivity index (χ3v) is 4.23. The van der Waals surface area contributed by atoms with Gasteiger partial charge in [0.1, 0.15) is 5.60 Å². The van der Waals surface area contributed by atoms with Gasteiger partial charge in [-0.3, -0.25) is 9.69 Å². The largest absolute Gasteiger partial charge is 0.335 e. The summed E-state index contributed by atoms with van der Waals surface area (Å²) in [7, 11) is 0. The van der Waals surface area contributed by atoms with E-state index < -0.39 is 0 Å². The third kappa shape index (κ3) is 0.669. The number of carbonyl (C=O) groups excluding carboxylic acids is 1. The Morgan fingerprint density at radius 1 is 1.38 bits per heavy atom. The maximum Gasteiger partial charge on any atom is 0.226 e. The molecule has 82 valence electrons. The number of anilines is 1. The van der Waals surface area contributed by atoms with E-state index in [1.165, 1.54) is 5.56 Å². The fourth-order valence-electron chi connectivity index (χ4n) is 3.71. The summed E-state index contributed by atoms with van der Waals surface area (Å²) in [5.41, 5.74) is 1.79. The lowest BCUT2D eigenvalue weighted by Gasteiger charge is -2.25. The highest BCUT2D eigenvalue weighted by molar-refractivity contribution is 5.98. The molecule has 1 aromatic carbocycles. The minimum absolute atomic E-state index is 0.0914. The summed E-state index contributed by atoms with van der Waals surface area (Å²) in [5.74, 6) is 0.0914. The van der Waals surface area contributed by atoms with Crippen molar-refractivity contribution in [1.82, 2.24) is 0 Å². The van der Waals surface area contributed by atoms with Gasteiger partial charge in [-0.1, -0.05) is 18.2 Å². The summed E-state index contributed by atoms with van der Waals surface area (Å²) in [4.78, 5) is 13.7. The average molecular weight is 215 g/mol. The van der Waals surface area contributed by atoms with Crippen molar-refractivity contribution >= 4 is 11.6 Å². The van der Waals surface area contributed by atoms with Crippen LogP contribution in [-0.2, 0) is 15.1 Å². The molecular formula is C13H13NO2. The van der Waals surface area contributed by atoms with Gasteiger partial charge in [0.05, 0.1) is 5.69 Å². The Hall–Kier alpha value is -1.35. The number of fused-ring (bicyclic) bond motifs is 1. The summed E-state index contributed by atoms with van der Waals surface area (Å²) in [6.45, 7) is 1.63. The van der Waals surface area contributed by atoms with Crippen LogP contribution in [0.15, 0.2) is 24.3 Å². The maximum atomic E-state index is 11.8. The second-order valence-electron chi connectivity index (χ2n) is 4.94. The molecular weight excluding hydrogens is 202 g/mol. The maximum absolute atomic E-state index is 11.8. The van der Waals surface area contributed by atoms with Gasteiger partial charge in [0.25, 0.3) is 0 Å². The summed E-state index contributed by atoms with van der Waals surface area (Å²) in [6.07, 6.45) is 3.17. The summed E-state index contributed by atoms with van der Waals surface area (Å²) in [5, 5.41) is 0. The van der Waals surface area contributed by atoms with Gasteiger partial charge in [0, 0.05) is 12.5 Å². The van der Waals surface area contributed by atoms with Crippen LogP contribution in [0.2, 0.25) is 0 Å². The normalized spacial score (nSPS) is 37.9. The van der Waals surface area contributed by atoms with E-state index in [0.717, 1.165) is 24.9 Å². The summed E-state index contributed by atoms with van der Waals surface area (Å²) < 4.78 is 5.97. The number of rotatable bonds is 0. The molecule has 0 bridgehead atoms. The first-order valence-corrected chi connectivity index (χ1v) is 5.82. The first kappa shape index (κ1) is 8.76. The lowest BCUT2D eigenvalue weighted by Crippen LogP contribution is -2.40. The second-order valence-corrected chi connectivity index (χ2v) is 4.94. The van der Waals surface area contributed by atoms with Gasteiger partial charge >= 0.3 is 0 Å². The first-order chi connectivity index (χ1) is 7.71. The molecule has 2 unspecified atom stereocenters. The van der Waals surface area contributed by atoms with Crippen molar-refractivity contribution in [2.24, 2.45) is 0 Å². The van der Waals surface area contributed by atoms with Crippen molar-refractivity contribution < 1.29 is 9.53 Å². The van der Waals surface area contributed by atoms with Crippen LogP contribution < -0.4 is 4.90 Å². The number of benzene rings is 1. The van der Waals surface area contributed by atoms with Crippen LogP contribution in [0.1, 0.15) is 31.7 Å². The molecule has 4 rings (SSSR count). The molecule has 0 spiro atoms. The van der Waals surface area contributed by atoms with E-state index in [1.54, 1.807) is 6.92 Å². The third-order valence-electron chi connectivity index (χ3n) is 4.23. The molecule has 0 aromatic heterocycles. The second kappa shape index (κ2) is 2.33. The van der Waals surface area contributed by atoms with Gasteiger partial charge in [-0.25, -0.2) is 0 Å². The quantitative estimate of drug-likeness (QED) is 0.621. The van der Waals surface area contributed by atoms with Gasteiger partial charge in [0.15, 0.2) is 5.72 Å². The molecule has 2 heterocycles. The Balaban J connectivity index is 2.00. The lowest BCUT2D eigenvalue weighted by molar-refractivity contribution is -0.117. The lowest BCUT2D eigenvalue weighted by atomic mass is 9.97. The fourth-order valence-corrected chi connectivity index (χ4v) is 3.71. The molecule has 0 N–H and O–H groups in total. The van der Waals surface area contributed by atoms with Crippen LogP contribution in [0.3, 0.4) is 0 Å². The minimum atomic E-state index is -0.317. The molecule has 2 aliphatic heterocycles. The zero-order valence-corrected chi connectivity index (χ0v) is 9.19. The number of para-hydroxylation sites is 1. The molecule has 3 heteroatoms. The topological polar surface area (TPSA) is 32.8 Å². The van der Waals surface area contributed by atoms with Crippen molar-refractivity contribution in [3.8, 4) is 0 Å². The molecule has 2 fully saturated rings. The molecule has 0 radical (unpaired) electrons. The molecule has 1 saturated heterocycles. The molecule has 1 aromatic rings. The van der Waals surface area contributed by atoms with E-state index in [0.29, 0.717) is 0 Å². The number of epoxide rings is 1. The molecule has 1 amide bonds. The zero-order chi connectivity index (χ0) is 11.0. The van der Waals surface area contributed by atoms with Crippen molar-refractivity contribution in [2.45, 2.75) is 37.5 Å². The standard InChI is InChI=1S/C13H13NO2/c1-9(15)14-11-6-3-2-5-10(11)12-7-4-8-13(12,14)16-12/h2-3,5-6H,4,7-8H2,1H3. The van der Waals surface area contributed by atoms with Gasteiger partial charge < -0.3 is 4.74 Å². The molecule has 1 aliphatic carbocycles. The average Bonchev–Trinajstić information content (AvgIpc) is 2.67. The van der Waals surface area contributed by atoms with Gasteiger partial charge in [-0.15, -0.1) is 0 Å². The van der Waals surface area contributed by atoms with Crippen LogP contribution in [0.5, 0.6) is 0 Å². The Labute approximate surface area is 94.0 Å². The SMILES string of the molecule is CC(=O)N1c2ccccc2C23CCCC12O3. The molecule has 3 nitrogen and oxygen atoms in total. The van der Waals surface area contributed by atoms with E-state index in [9.17, 15) is 4.79 Å².